The second-order valence-corrected chi connectivity index (χ2v) is 10.1. The van der Waals surface area contributed by atoms with E-state index in [0.717, 1.165) is 11.6 Å². The molecule has 0 saturated heterocycles. The van der Waals surface area contributed by atoms with E-state index in [2.05, 4.69) is 20.6 Å². The molecule has 0 fully saturated rings. The third kappa shape index (κ3) is 5.52. The number of rotatable bonds is 7. The quantitative estimate of drug-likeness (QED) is 0.416. The molecule has 2 aromatic carbocycles. The number of aromatic hydroxyl groups is 1. The summed E-state index contributed by atoms with van der Waals surface area (Å²) in [7, 11) is -3.96. The zero-order chi connectivity index (χ0) is 25.0. The van der Waals surface area contributed by atoms with E-state index in [1.54, 1.807) is 26.0 Å². The zero-order valence-corrected chi connectivity index (χ0v) is 20.2. The summed E-state index contributed by atoms with van der Waals surface area (Å²) < 4.78 is 26.0. The van der Waals surface area contributed by atoms with Gasteiger partial charge in [0.2, 0.25) is 5.91 Å². The van der Waals surface area contributed by atoms with E-state index in [9.17, 15) is 23.1 Å². The van der Waals surface area contributed by atoms with Gasteiger partial charge in [-0.3, -0.25) is 14.6 Å². The largest absolute Gasteiger partial charge is 0.506 e. The molecule has 34 heavy (non-hydrogen) atoms. The van der Waals surface area contributed by atoms with E-state index < -0.39 is 26.9 Å². The Morgan fingerprint density at radius 2 is 1.71 bits per heavy atom. The number of anilines is 2. The van der Waals surface area contributed by atoms with Crippen LogP contribution < -0.4 is 10.6 Å². The van der Waals surface area contributed by atoms with E-state index in [4.69, 9.17) is 11.6 Å². The molecule has 0 saturated carbocycles. The first kappa shape index (κ1) is 25.1. The molecule has 9 nitrogen and oxygen atoms in total. The smallest absolute Gasteiger partial charge is 0.275 e. The molecule has 0 bridgehead atoms. The Morgan fingerprint density at radius 1 is 1.03 bits per heavy atom. The van der Waals surface area contributed by atoms with Crippen molar-refractivity contribution in [1.82, 2.24) is 9.97 Å². The van der Waals surface area contributed by atoms with Crippen LogP contribution in [0.15, 0.2) is 53.7 Å². The summed E-state index contributed by atoms with van der Waals surface area (Å²) in [5.74, 6) is -1.80. The molecule has 1 unspecified atom stereocenters. The molecular formula is C23H23ClN4O5S. The number of halogens is 1. The number of amides is 2. The number of nitrogens with zero attached hydrogens (tertiary/aromatic N) is 2. The van der Waals surface area contributed by atoms with Gasteiger partial charge in [0, 0.05) is 12.3 Å². The Labute approximate surface area is 202 Å². The van der Waals surface area contributed by atoms with Crippen molar-refractivity contribution in [3.05, 3.63) is 70.8 Å². The van der Waals surface area contributed by atoms with Crippen molar-refractivity contribution < 1.29 is 23.1 Å². The van der Waals surface area contributed by atoms with E-state index in [1.807, 2.05) is 6.92 Å². The van der Waals surface area contributed by atoms with Crippen molar-refractivity contribution in [3.8, 4) is 5.75 Å². The highest BCUT2D eigenvalue weighted by Crippen LogP contribution is 2.34. The van der Waals surface area contributed by atoms with Crippen LogP contribution in [0.4, 0.5) is 11.4 Å². The second-order valence-electron chi connectivity index (χ2n) is 7.59. The fourth-order valence-corrected chi connectivity index (χ4v) is 4.94. The van der Waals surface area contributed by atoms with Crippen LogP contribution in [0.3, 0.4) is 0 Å². The molecule has 0 aliphatic rings. The van der Waals surface area contributed by atoms with Crippen molar-refractivity contribution >= 4 is 44.6 Å². The van der Waals surface area contributed by atoms with Gasteiger partial charge in [-0.05, 0) is 38.5 Å². The van der Waals surface area contributed by atoms with Crippen LogP contribution in [0.5, 0.6) is 5.75 Å². The third-order valence-corrected chi connectivity index (χ3v) is 7.53. The third-order valence-electron chi connectivity index (χ3n) is 4.99. The van der Waals surface area contributed by atoms with Gasteiger partial charge in [0.1, 0.15) is 16.7 Å². The number of aromatic nitrogens is 2. The monoisotopic (exact) mass is 502 g/mol. The highest BCUT2D eigenvalue weighted by atomic mass is 35.5. The SMILES string of the molecule is CCC(C(=O)Nc1cc(O)c(NC(=O)c2cnc(C)cn2)cc1Cl)S(=O)(=O)c1ccc(C)cc1. The highest BCUT2D eigenvalue weighted by molar-refractivity contribution is 7.92. The Balaban J connectivity index is 1.80. The predicted octanol–water partition coefficient (Wildman–Crippen LogP) is 3.90. The maximum absolute atomic E-state index is 13.0. The molecule has 2 amide bonds. The summed E-state index contributed by atoms with van der Waals surface area (Å²) >= 11 is 6.24. The highest BCUT2D eigenvalue weighted by Gasteiger charge is 2.33. The molecule has 11 heteroatoms. The fraction of sp³-hybridized carbons (Fsp3) is 0.217. The Bertz CT molecular complexity index is 1330. The van der Waals surface area contributed by atoms with E-state index >= 15 is 0 Å². The summed E-state index contributed by atoms with van der Waals surface area (Å²) in [4.78, 5) is 33.2. The summed E-state index contributed by atoms with van der Waals surface area (Å²) in [6, 6.07) is 8.58. The van der Waals surface area contributed by atoms with E-state index in [0.29, 0.717) is 5.69 Å². The first-order valence-electron chi connectivity index (χ1n) is 10.3. The normalized spacial score (nSPS) is 12.1. The summed E-state index contributed by atoms with van der Waals surface area (Å²) in [5.41, 5.74) is 1.53. The average Bonchev–Trinajstić information content (AvgIpc) is 2.78. The number of carbonyl (C=O) groups is 2. The molecule has 1 aromatic heterocycles. The molecule has 3 aromatic rings. The van der Waals surface area contributed by atoms with Crippen LogP contribution in [0, 0.1) is 13.8 Å². The summed E-state index contributed by atoms with van der Waals surface area (Å²) in [6.45, 7) is 5.14. The van der Waals surface area contributed by atoms with Gasteiger partial charge >= 0.3 is 0 Å². The first-order chi connectivity index (χ1) is 16.0. The fourth-order valence-electron chi connectivity index (χ4n) is 3.11. The second kappa shape index (κ2) is 10.2. The lowest BCUT2D eigenvalue weighted by Crippen LogP contribution is -2.34. The number of hydrogen-bond donors (Lipinski definition) is 3. The van der Waals surface area contributed by atoms with Crippen LogP contribution in [0.2, 0.25) is 5.02 Å². The summed E-state index contributed by atoms with van der Waals surface area (Å²) in [6.07, 6.45) is 2.74. The van der Waals surface area contributed by atoms with Gasteiger partial charge in [-0.25, -0.2) is 13.4 Å². The number of hydrogen-bond acceptors (Lipinski definition) is 7. The predicted molar refractivity (Wildman–Crippen MR) is 129 cm³/mol. The van der Waals surface area contributed by atoms with Gasteiger partial charge in [0.25, 0.3) is 5.91 Å². The van der Waals surface area contributed by atoms with Gasteiger partial charge in [-0.2, -0.15) is 0 Å². The average molecular weight is 503 g/mol. The number of phenolic OH excluding ortho intramolecular Hbond substituents is 1. The lowest BCUT2D eigenvalue weighted by molar-refractivity contribution is -0.115. The molecule has 3 N–H and O–H groups in total. The Hall–Kier alpha value is -3.50. The van der Waals surface area contributed by atoms with Crippen LogP contribution in [-0.2, 0) is 14.6 Å². The van der Waals surface area contributed by atoms with Gasteiger partial charge in [-0.15, -0.1) is 0 Å². The van der Waals surface area contributed by atoms with Gasteiger partial charge in [-0.1, -0.05) is 36.2 Å². The van der Waals surface area contributed by atoms with Crippen LogP contribution in [0.25, 0.3) is 0 Å². The minimum atomic E-state index is -3.96. The topological polar surface area (TPSA) is 138 Å². The molecule has 3 rings (SSSR count). The van der Waals surface area contributed by atoms with Crippen molar-refractivity contribution in [2.24, 2.45) is 0 Å². The molecule has 0 radical (unpaired) electrons. The summed E-state index contributed by atoms with van der Waals surface area (Å²) in [5, 5.41) is 13.9. The van der Waals surface area contributed by atoms with Crippen LogP contribution in [-0.4, -0.2) is 40.6 Å². The number of sulfone groups is 1. The van der Waals surface area contributed by atoms with Gasteiger partial charge < -0.3 is 15.7 Å². The number of aryl methyl sites for hydroxylation is 2. The van der Waals surface area contributed by atoms with Gasteiger partial charge in [0.15, 0.2) is 9.84 Å². The standard InChI is InChI=1S/C23H23ClN4O5S/c1-4-21(34(32,33)15-7-5-13(2)6-8-15)23(31)27-17-10-20(29)18(9-16(17)24)28-22(30)19-12-25-14(3)11-26-19/h5-12,21,29H,4H2,1-3H3,(H,27,31)(H,28,30). The van der Waals surface area contributed by atoms with Crippen molar-refractivity contribution in [1.29, 1.82) is 0 Å². The van der Waals surface area contributed by atoms with Crippen LogP contribution in [0.1, 0.15) is 35.1 Å². The number of carbonyl (C=O) groups excluding carboxylic acids is 2. The maximum Gasteiger partial charge on any atom is 0.275 e. The molecule has 0 aliphatic carbocycles. The molecule has 1 atom stereocenters. The lowest BCUT2D eigenvalue weighted by Gasteiger charge is -2.17. The minimum absolute atomic E-state index is 0.00477. The first-order valence-corrected chi connectivity index (χ1v) is 12.2. The van der Waals surface area contributed by atoms with Crippen molar-refractivity contribution in [2.75, 3.05) is 10.6 Å². The molecular weight excluding hydrogens is 480 g/mol. The molecule has 0 spiro atoms. The number of benzene rings is 2. The van der Waals surface area contributed by atoms with Crippen molar-refractivity contribution in [3.63, 3.8) is 0 Å². The molecule has 1 heterocycles. The number of phenols is 1. The molecule has 0 aliphatic heterocycles. The lowest BCUT2D eigenvalue weighted by atomic mass is 10.2. The zero-order valence-electron chi connectivity index (χ0n) is 18.7. The van der Waals surface area contributed by atoms with Crippen LogP contribution >= 0.6 is 11.6 Å². The van der Waals surface area contributed by atoms with E-state index in [-0.39, 0.29) is 39.2 Å². The van der Waals surface area contributed by atoms with Crippen molar-refractivity contribution in [2.45, 2.75) is 37.3 Å². The maximum atomic E-state index is 13.0. The van der Waals surface area contributed by atoms with E-state index in [1.165, 1.54) is 30.6 Å². The minimum Gasteiger partial charge on any atom is -0.506 e. The number of nitrogens with one attached hydrogen (secondary N) is 2. The Kier molecular flexibility index (Phi) is 7.53. The molecule has 178 valence electrons. The Morgan fingerprint density at radius 3 is 2.29 bits per heavy atom. The van der Waals surface area contributed by atoms with Gasteiger partial charge in [0.05, 0.1) is 33.2 Å².